The van der Waals surface area contributed by atoms with Gasteiger partial charge < -0.3 is 10.1 Å². The number of alkyl halides is 3. The molecule has 0 saturated carbocycles. The van der Waals surface area contributed by atoms with Gasteiger partial charge in [-0.2, -0.15) is 13.2 Å². The molecule has 0 aliphatic carbocycles. The first-order chi connectivity index (χ1) is 8.57. The molecule has 19 heavy (non-hydrogen) atoms. The van der Waals surface area contributed by atoms with Gasteiger partial charge in [0.15, 0.2) is 0 Å². The van der Waals surface area contributed by atoms with Crippen LogP contribution >= 0.6 is 12.4 Å². The van der Waals surface area contributed by atoms with Crippen LogP contribution in [0.15, 0.2) is 24.3 Å². The van der Waals surface area contributed by atoms with Crippen LogP contribution in [0, 0.1) is 5.92 Å². The van der Waals surface area contributed by atoms with Crippen molar-refractivity contribution in [3.8, 4) is 5.75 Å². The van der Waals surface area contributed by atoms with E-state index in [1.807, 2.05) is 0 Å². The van der Waals surface area contributed by atoms with Crippen LogP contribution < -0.4 is 10.1 Å². The van der Waals surface area contributed by atoms with Crippen LogP contribution in [0.2, 0.25) is 0 Å². The van der Waals surface area contributed by atoms with Crippen LogP contribution in [0.1, 0.15) is 18.4 Å². The number of hydrogen-bond acceptors (Lipinski definition) is 2. The molecular weight excluding hydrogens is 279 g/mol. The summed E-state index contributed by atoms with van der Waals surface area (Å²) in [5.74, 6) is 0.274. The van der Waals surface area contributed by atoms with E-state index in [9.17, 15) is 13.2 Å². The molecule has 1 N–H and O–H groups in total. The lowest BCUT2D eigenvalue weighted by molar-refractivity contribution is -0.139. The topological polar surface area (TPSA) is 21.3 Å². The molecule has 2 rings (SSSR count). The maximum Gasteiger partial charge on any atom is 0.419 e. The molecule has 1 aromatic carbocycles. The van der Waals surface area contributed by atoms with Gasteiger partial charge in [-0.3, -0.25) is 0 Å². The quantitative estimate of drug-likeness (QED) is 0.921. The summed E-state index contributed by atoms with van der Waals surface area (Å²) in [6.07, 6.45) is -2.45. The summed E-state index contributed by atoms with van der Waals surface area (Å²) in [5, 5.41) is 3.21. The lowest BCUT2D eigenvalue weighted by atomic mass is 9.99. The van der Waals surface area contributed by atoms with Gasteiger partial charge in [-0.05, 0) is 44.0 Å². The third kappa shape index (κ3) is 4.58. The molecule has 6 heteroatoms. The van der Waals surface area contributed by atoms with Crippen molar-refractivity contribution in [2.24, 2.45) is 5.92 Å². The van der Waals surface area contributed by atoms with Crippen molar-refractivity contribution in [2.75, 3.05) is 19.7 Å². The van der Waals surface area contributed by atoms with Crippen molar-refractivity contribution < 1.29 is 17.9 Å². The Balaban J connectivity index is 0.00000180. The molecule has 1 aromatic rings. The molecule has 0 bridgehead atoms. The number of halogens is 4. The summed E-state index contributed by atoms with van der Waals surface area (Å²) < 4.78 is 43.5. The molecule has 1 saturated heterocycles. The standard InChI is InChI=1S/C13H16F3NO.ClH/c14-13(15,16)11-3-1-2-4-12(11)18-9-10-5-7-17-8-6-10;/h1-4,10,17H,5-9H2;1H. The van der Waals surface area contributed by atoms with E-state index in [1.165, 1.54) is 12.1 Å². The van der Waals surface area contributed by atoms with E-state index in [0.29, 0.717) is 12.5 Å². The minimum Gasteiger partial charge on any atom is -0.493 e. The predicted molar refractivity (Wildman–Crippen MR) is 69.8 cm³/mol. The van der Waals surface area contributed by atoms with Crippen molar-refractivity contribution >= 4 is 12.4 Å². The lowest BCUT2D eigenvalue weighted by Crippen LogP contribution is -2.30. The van der Waals surface area contributed by atoms with Crippen LogP contribution in [-0.4, -0.2) is 19.7 Å². The maximum absolute atomic E-state index is 12.7. The summed E-state index contributed by atoms with van der Waals surface area (Å²) in [5.41, 5.74) is -0.695. The Kier molecular flexibility index (Phi) is 5.94. The highest BCUT2D eigenvalue weighted by Gasteiger charge is 2.34. The van der Waals surface area contributed by atoms with Gasteiger partial charge >= 0.3 is 6.18 Å². The third-order valence-corrected chi connectivity index (χ3v) is 3.13. The molecule has 0 unspecified atom stereocenters. The van der Waals surface area contributed by atoms with Crippen LogP contribution in [0.4, 0.5) is 13.2 Å². The highest BCUT2D eigenvalue weighted by molar-refractivity contribution is 5.85. The SMILES string of the molecule is Cl.FC(F)(F)c1ccccc1OCC1CCNCC1. The predicted octanol–water partition coefficient (Wildman–Crippen LogP) is 3.51. The van der Waals surface area contributed by atoms with E-state index in [0.717, 1.165) is 32.0 Å². The van der Waals surface area contributed by atoms with Crippen LogP contribution in [0.5, 0.6) is 5.75 Å². The molecule has 1 aliphatic heterocycles. The summed E-state index contributed by atoms with van der Waals surface area (Å²) in [4.78, 5) is 0. The van der Waals surface area contributed by atoms with Crippen molar-refractivity contribution in [1.29, 1.82) is 0 Å². The Morgan fingerprint density at radius 3 is 2.42 bits per heavy atom. The molecular formula is C13H17ClF3NO. The van der Waals surface area contributed by atoms with Gasteiger partial charge in [-0.15, -0.1) is 12.4 Å². The van der Waals surface area contributed by atoms with E-state index in [2.05, 4.69) is 5.32 Å². The smallest absolute Gasteiger partial charge is 0.419 e. The van der Waals surface area contributed by atoms with Crippen molar-refractivity contribution in [1.82, 2.24) is 5.32 Å². The fourth-order valence-electron chi connectivity index (χ4n) is 2.08. The second-order valence-electron chi connectivity index (χ2n) is 4.50. The highest BCUT2D eigenvalue weighted by atomic mass is 35.5. The number of ether oxygens (including phenoxy) is 1. The zero-order valence-electron chi connectivity index (χ0n) is 10.4. The number of benzene rings is 1. The first kappa shape index (κ1) is 16.1. The second-order valence-corrected chi connectivity index (χ2v) is 4.50. The Morgan fingerprint density at radius 1 is 1.16 bits per heavy atom. The van der Waals surface area contributed by atoms with Gasteiger partial charge in [-0.1, -0.05) is 12.1 Å². The van der Waals surface area contributed by atoms with Crippen molar-refractivity contribution in [3.05, 3.63) is 29.8 Å². The largest absolute Gasteiger partial charge is 0.493 e. The summed E-state index contributed by atoms with van der Waals surface area (Å²) in [6.45, 7) is 2.18. The number of nitrogens with one attached hydrogen (secondary N) is 1. The summed E-state index contributed by atoms with van der Waals surface area (Å²) >= 11 is 0. The van der Waals surface area contributed by atoms with Crippen LogP contribution in [0.25, 0.3) is 0 Å². The van der Waals surface area contributed by atoms with Gasteiger partial charge in [-0.25, -0.2) is 0 Å². The second kappa shape index (κ2) is 7.01. The monoisotopic (exact) mass is 295 g/mol. The molecule has 1 fully saturated rings. The molecule has 0 radical (unpaired) electrons. The fourth-order valence-corrected chi connectivity index (χ4v) is 2.08. The lowest BCUT2D eigenvalue weighted by Gasteiger charge is -2.23. The van der Waals surface area contributed by atoms with Crippen LogP contribution in [0.3, 0.4) is 0 Å². The normalized spacial score (nSPS) is 16.8. The summed E-state index contributed by atoms with van der Waals surface area (Å²) in [7, 11) is 0. The molecule has 1 heterocycles. The number of hydrogen-bond donors (Lipinski definition) is 1. The van der Waals surface area contributed by atoms with Crippen molar-refractivity contribution in [3.63, 3.8) is 0 Å². The Hall–Kier alpha value is -0.940. The molecule has 0 atom stereocenters. The number of piperidine rings is 1. The fraction of sp³-hybridized carbons (Fsp3) is 0.538. The molecule has 0 amide bonds. The molecule has 108 valence electrons. The Labute approximate surface area is 116 Å². The molecule has 0 aromatic heterocycles. The number of rotatable bonds is 3. The average molecular weight is 296 g/mol. The van der Waals surface area contributed by atoms with Gasteiger partial charge in [0.2, 0.25) is 0 Å². The van der Waals surface area contributed by atoms with Crippen molar-refractivity contribution in [2.45, 2.75) is 19.0 Å². The van der Waals surface area contributed by atoms with E-state index in [-0.39, 0.29) is 18.2 Å². The van der Waals surface area contributed by atoms with E-state index in [1.54, 1.807) is 6.07 Å². The Morgan fingerprint density at radius 2 is 1.79 bits per heavy atom. The first-order valence-corrected chi connectivity index (χ1v) is 6.07. The minimum absolute atomic E-state index is 0. The first-order valence-electron chi connectivity index (χ1n) is 6.07. The van der Waals surface area contributed by atoms with E-state index >= 15 is 0 Å². The Bertz CT molecular complexity index is 392. The van der Waals surface area contributed by atoms with E-state index < -0.39 is 11.7 Å². The molecule has 0 spiro atoms. The minimum atomic E-state index is -4.36. The van der Waals surface area contributed by atoms with Crippen LogP contribution in [-0.2, 0) is 6.18 Å². The number of para-hydroxylation sites is 1. The zero-order valence-corrected chi connectivity index (χ0v) is 11.2. The van der Waals surface area contributed by atoms with Gasteiger partial charge in [0.1, 0.15) is 5.75 Å². The van der Waals surface area contributed by atoms with Gasteiger partial charge in [0, 0.05) is 0 Å². The molecule has 1 aliphatic rings. The van der Waals surface area contributed by atoms with Gasteiger partial charge in [0.05, 0.1) is 12.2 Å². The highest BCUT2D eigenvalue weighted by Crippen LogP contribution is 2.36. The van der Waals surface area contributed by atoms with E-state index in [4.69, 9.17) is 4.74 Å². The average Bonchev–Trinajstić information content (AvgIpc) is 2.37. The maximum atomic E-state index is 12.7. The molecule has 2 nitrogen and oxygen atoms in total. The third-order valence-electron chi connectivity index (χ3n) is 3.13. The van der Waals surface area contributed by atoms with Gasteiger partial charge in [0.25, 0.3) is 0 Å². The summed E-state index contributed by atoms with van der Waals surface area (Å²) in [6, 6.07) is 5.37. The zero-order chi connectivity index (χ0) is 13.0.